The Morgan fingerprint density at radius 1 is 1.19 bits per heavy atom. The highest BCUT2D eigenvalue weighted by atomic mass is 35.5. The number of nitriles is 1. The van der Waals surface area contributed by atoms with Gasteiger partial charge in [0.1, 0.15) is 11.6 Å². The molecule has 0 radical (unpaired) electrons. The molecule has 1 aromatic heterocycles. The molecule has 7 heteroatoms. The maximum Gasteiger partial charge on any atom is 0.328 e. The maximum atomic E-state index is 12.5. The molecule has 3 aromatic rings. The number of aryl methyl sites for hydroxylation is 3. The van der Waals surface area contributed by atoms with Crippen LogP contribution in [-0.4, -0.2) is 15.0 Å². The molecule has 6 nitrogen and oxygen atoms in total. The van der Waals surface area contributed by atoms with Gasteiger partial charge in [-0.3, -0.25) is 13.9 Å². The van der Waals surface area contributed by atoms with E-state index in [-0.39, 0.29) is 11.3 Å². The lowest BCUT2D eigenvalue weighted by Gasteiger charge is -2.09. The quantitative estimate of drug-likeness (QED) is 0.558. The summed E-state index contributed by atoms with van der Waals surface area (Å²) in [7, 11) is 3.37. The number of imidazole rings is 1. The highest BCUT2D eigenvalue weighted by Crippen LogP contribution is 2.26. The van der Waals surface area contributed by atoms with Gasteiger partial charge in [-0.2, -0.15) is 5.26 Å². The van der Waals surface area contributed by atoms with Crippen LogP contribution in [0.3, 0.4) is 0 Å². The van der Waals surface area contributed by atoms with Crippen molar-refractivity contribution in [1.82, 2.24) is 9.13 Å². The van der Waals surface area contributed by atoms with Crippen molar-refractivity contribution in [3.05, 3.63) is 68.6 Å². The lowest BCUT2D eigenvalue weighted by molar-refractivity contribution is -0.112. The minimum absolute atomic E-state index is 0.0606. The Labute approximate surface area is 160 Å². The van der Waals surface area contributed by atoms with Crippen molar-refractivity contribution in [2.45, 2.75) is 6.92 Å². The zero-order valence-electron chi connectivity index (χ0n) is 15.1. The van der Waals surface area contributed by atoms with Crippen LogP contribution >= 0.6 is 11.6 Å². The fraction of sp³-hybridized carbons (Fsp3) is 0.150. The van der Waals surface area contributed by atoms with Gasteiger partial charge >= 0.3 is 5.69 Å². The molecule has 2 aromatic carbocycles. The predicted octanol–water partition coefficient (Wildman–Crippen LogP) is 3.38. The third-order valence-electron chi connectivity index (χ3n) is 4.43. The fourth-order valence-corrected chi connectivity index (χ4v) is 3.17. The lowest BCUT2D eigenvalue weighted by atomic mass is 10.1. The highest BCUT2D eigenvalue weighted by molar-refractivity contribution is 6.34. The summed E-state index contributed by atoms with van der Waals surface area (Å²) in [6.07, 6.45) is 1.48. The second-order valence-corrected chi connectivity index (χ2v) is 6.61. The summed E-state index contributed by atoms with van der Waals surface area (Å²) >= 11 is 6.13. The van der Waals surface area contributed by atoms with Gasteiger partial charge < -0.3 is 5.32 Å². The first-order chi connectivity index (χ1) is 12.8. The topological polar surface area (TPSA) is 79.8 Å². The van der Waals surface area contributed by atoms with Gasteiger partial charge in [0.05, 0.1) is 21.7 Å². The molecular weight excluding hydrogens is 364 g/mol. The number of anilines is 1. The summed E-state index contributed by atoms with van der Waals surface area (Å²) in [6, 6.07) is 12.5. The van der Waals surface area contributed by atoms with Crippen molar-refractivity contribution in [2.24, 2.45) is 14.1 Å². The summed E-state index contributed by atoms with van der Waals surface area (Å²) in [5.74, 6) is -0.546. The number of rotatable bonds is 3. The molecule has 3 rings (SSSR count). The van der Waals surface area contributed by atoms with E-state index >= 15 is 0 Å². The molecular formula is C20H17ClN4O2. The smallest absolute Gasteiger partial charge is 0.320 e. The fourth-order valence-electron chi connectivity index (χ4n) is 2.90. The van der Waals surface area contributed by atoms with Gasteiger partial charge in [-0.25, -0.2) is 4.79 Å². The predicted molar refractivity (Wildman–Crippen MR) is 107 cm³/mol. The van der Waals surface area contributed by atoms with Crippen molar-refractivity contribution >= 4 is 40.3 Å². The average molecular weight is 381 g/mol. The molecule has 0 saturated heterocycles. The number of hydrogen-bond donors (Lipinski definition) is 1. The van der Waals surface area contributed by atoms with Crippen molar-refractivity contribution in [3.63, 3.8) is 0 Å². The van der Waals surface area contributed by atoms with Crippen LogP contribution in [0.1, 0.15) is 11.1 Å². The molecule has 0 aliphatic rings. The molecule has 0 saturated carbocycles. The van der Waals surface area contributed by atoms with E-state index in [0.717, 1.165) is 16.6 Å². The number of aromatic nitrogens is 2. The maximum absolute atomic E-state index is 12.5. The van der Waals surface area contributed by atoms with E-state index in [1.54, 1.807) is 49.0 Å². The van der Waals surface area contributed by atoms with Crippen LogP contribution in [0.4, 0.5) is 5.69 Å². The van der Waals surface area contributed by atoms with E-state index in [4.69, 9.17) is 11.6 Å². The monoisotopic (exact) mass is 380 g/mol. The van der Waals surface area contributed by atoms with E-state index in [0.29, 0.717) is 16.3 Å². The number of benzene rings is 2. The second kappa shape index (κ2) is 7.14. The third-order valence-corrected chi connectivity index (χ3v) is 4.75. The van der Waals surface area contributed by atoms with Gasteiger partial charge in [-0.05, 0) is 42.3 Å². The Morgan fingerprint density at radius 3 is 2.56 bits per heavy atom. The molecule has 1 amide bonds. The van der Waals surface area contributed by atoms with Gasteiger partial charge in [-0.1, -0.05) is 29.8 Å². The Morgan fingerprint density at radius 2 is 1.89 bits per heavy atom. The van der Waals surface area contributed by atoms with Crippen molar-refractivity contribution < 1.29 is 4.79 Å². The average Bonchev–Trinajstić information content (AvgIpc) is 2.86. The Balaban J connectivity index is 1.98. The van der Waals surface area contributed by atoms with E-state index in [1.165, 1.54) is 10.6 Å². The number of carbonyl (C=O) groups excluding carboxylic acids is 1. The zero-order chi connectivity index (χ0) is 19.7. The van der Waals surface area contributed by atoms with E-state index in [1.807, 2.05) is 19.1 Å². The van der Waals surface area contributed by atoms with Gasteiger partial charge in [0, 0.05) is 14.1 Å². The van der Waals surface area contributed by atoms with Gasteiger partial charge in [-0.15, -0.1) is 0 Å². The second-order valence-electron chi connectivity index (χ2n) is 6.20. The third kappa shape index (κ3) is 3.37. The van der Waals surface area contributed by atoms with Gasteiger partial charge in [0.2, 0.25) is 0 Å². The number of nitrogens with zero attached hydrogens (tertiary/aromatic N) is 3. The first-order valence-corrected chi connectivity index (χ1v) is 8.55. The standard InChI is InChI=1S/C20H17ClN4O2/c1-12-5-4-6-15(21)18(12)23-19(26)14(11-22)9-13-7-8-16-17(10-13)25(3)20(27)24(16)2/h4-10H,1-3H3,(H,23,26)/b14-9+. The van der Waals surface area contributed by atoms with Crippen LogP contribution in [-0.2, 0) is 18.9 Å². The van der Waals surface area contributed by atoms with Crippen LogP contribution in [0, 0.1) is 18.3 Å². The van der Waals surface area contributed by atoms with Crippen LogP contribution in [0.25, 0.3) is 17.1 Å². The SMILES string of the molecule is Cc1cccc(Cl)c1NC(=O)/C(C#N)=C/c1ccc2c(c1)n(C)c(=O)n2C. The minimum Gasteiger partial charge on any atom is -0.320 e. The van der Waals surface area contributed by atoms with Gasteiger partial charge in [0.15, 0.2) is 0 Å². The molecule has 27 heavy (non-hydrogen) atoms. The van der Waals surface area contributed by atoms with Crippen LogP contribution < -0.4 is 11.0 Å². The summed E-state index contributed by atoms with van der Waals surface area (Å²) in [6.45, 7) is 1.82. The van der Waals surface area contributed by atoms with Crippen molar-refractivity contribution in [2.75, 3.05) is 5.32 Å². The number of carbonyl (C=O) groups is 1. The highest BCUT2D eigenvalue weighted by Gasteiger charge is 2.14. The number of amides is 1. The summed E-state index contributed by atoms with van der Waals surface area (Å²) in [5.41, 5.74) is 3.21. The Hall–Kier alpha value is -3.30. The molecule has 0 bridgehead atoms. The molecule has 0 spiro atoms. The number of halogens is 1. The normalized spacial score (nSPS) is 11.4. The summed E-state index contributed by atoms with van der Waals surface area (Å²) < 4.78 is 3.06. The molecule has 0 unspecified atom stereocenters. The summed E-state index contributed by atoms with van der Waals surface area (Å²) in [5, 5.41) is 12.5. The largest absolute Gasteiger partial charge is 0.328 e. The van der Waals surface area contributed by atoms with E-state index < -0.39 is 5.91 Å². The van der Waals surface area contributed by atoms with Crippen molar-refractivity contribution in [3.8, 4) is 6.07 Å². The first-order valence-electron chi connectivity index (χ1n) is 8.17. The van der Waals surface area contributed by atoms with E-state index in [9.17, 15) is 14.9 Å². The van der Waals surface area contributed by atoms with Crippen molar-refractivity contribution in [1.29, 1.82) is 5.26 Å². The molecule has 0 aliphatic heterocycles. The molecule has 136 valence electrons. The van der Waals surface area contributed by atoms with Crippen LogP contribution in [0.2, 0.25) is 5.02 Å². The van der Waals surface area contributed by atoms with Gasteiger partial charge in [0.25, 0.3) is 5.91 Å². The molecule has 0 atom stereocenters. The van der Waals surface area contributed by atoms with E-state index in [2.05, 4.69) is 5.32 Å². The minimum atomic E-state index is -0.546. The van der Waals surface area contributed by atoms with Crippen LogP contribution in [0.15, 0.2) is 46.8 Å². The lowest BCUT2D eigenvalue weighted by Crippen LogP contribution is -2.19. The number of para-hydroxylation sites is 1. The molecule has 0 aliphatic carbocycles. The Kier molecular flexibility index (Phi) is 4.89. The Bertz CT molecular complexity index is 1170. The first kappa shape index (κ1) is 18.5. The molecule has 1 heterocycles. The number of nitrogens with one attached hydrogen (secondary N) is 1. The number of fused-ring (bicyclic) bond motifs is 1. The zero-order valence-corrected chi connectivity index (χ0v) is 15.8. The molecule has 0 fully saturated rings. The van der Waals surface area contributed by atoms with Crippen LogP contribution in [0.5, 0.6) is 0 Å². The summed E-state index contributed by atoms with van der Waals surface area (Å²) in [4.78, 5) is 24.6. The molecule has 1 N–H and O–H groups in total. The number of hydrogen-bond acceptors (Lipinski definition) is 3.